The molecular formula is C19H25N3O3S. The summed E-state index contributed by atoms with van der Waals surface area (Å²) in [5.74, 6) is 0.277. The molecule has 0 aliphatic rings. The third-order valence-electron chi connectivity index (χ3n) is 3.77. The van der Waals surface area contributed by atoms with E-state index in [0.29, 0.717) is 42.4 Å². The fourth-order valence-electron chi connectivity index (χ4n) is 2.47. The average Bonchev–Trinajstić information content (AvgIpc) is 2.98. The van der Waals surface area contributed by atoms with Crippen LogP contribution >= 0.6 is 11.3 Å². The smallest absolute Gasteiger partial charge is 0.255 e. The number of thiazole rings is 1. The second-order valence-corrected chi connectivity index (χ2v) is 6.92. The Morgan fingerprint density at radius 1 is 1.23 bits per heavy atom. The molecule has 1 heterocycles. The summed E-state index contributed by atoms with van der Waals surface area (Å²) in [6.07, 6.45) is 1.74. The minimum atomic E-state index is -0.197. The summed E-state index contributed by atoms with van der Waals surface area (Å²) in [6.45, 7) is 6.84. The first kappa shape index (κ1) is 19.9. The third kappa shape index (κ3) is 5.56. The van der Waals surface area contributed by atoms with Gasteiger partial charge in [-0.25, -0.2) is 4.98 Å². The Kier molecular flexibility index (Phi) is 7.59. The molecule has 1 aromatic heterocycles. The van der Waals surface area contributed by atoms with Gasteiger partial charge in [0.15, 0.2) is 5.13 Å². The zero-order valence-electron chi connectivity index (χ0n) is 15.4. The van der Waals surface area contributed by atoms with Crippen LogP contribution in [-0.2, 0) is 11.2 Å². The lowest BCUT2D eigenvalue weighted by atomic mass is 10.2. The highest BCUT2D eigenvalue weighted by Crippen LogP contribution is 2.22. The number of nitrogens with one attached hydrogen (secondary N) is 2. The molecule has 7 heteroatoms. The molecule has 0 bridgehead atoms. The summed E-state index contributed by atoms with van der Waals surface area (Å²) < 4.78 is 5.46. The molecule has 0 atom stereocenters. The van der Waals surface area contributed by atoms with Crippen molar-refractivity contribution < 1.29 is 14.3 Å². The van der Waals surface area contributed by atoms with Crippen LogP contribution in [0.3, 0.4) is 0 Å². The fraction of sp³-hybridized carbons (Fsp3) is 0.421. The van der Waals surface area contributed by atoms with Gasteiger partial charge in [0.25, 0.3) is 5.91 Å². The Hall–Kier alpha value is -2.41. The van der Waals surface area contributed by atoms with Gasteiger partial charge in [0.2, 0.25) is 5.91 Å². The molecule has 0 aliphatic heterocycles. The summed E-state index contributed by atoms with van der Waals surface area (Å²) in [5.41, 5.74) is 1.52. The number of amides is 2. The Morgan fingerprint density at radius 3 is 2.69 bits per heavy atom. The SMILES string of the molecule is CCOc1ccccc1C(=O)NCCCC(=O)Nc1nc(CC)c(C)s1. The number of carbonyl (C=O) groups excluding carboxylic acids is 2. The van der Waals surface area contributed by atoms with Crippen LogP contribution in [0.1, 0.15) is 47.6 Å². The third-order valence-corrected chi connectivity index (χ3v) is 4.70. The lowest BCUT2D eigenvalue weighted by Crippen LogP contribution is -2.26. The van der Waals surface area contributed by atoms with Crippen molar-refractivity contribution in [3.63, 3.8) is 0 Å². The van der Waals surface area contributed by atoms with Crippen LogP contribution in [-0.4, -0.2) is 29.9 Å². The van der Waals surface area contributed by atoms with E-state index < -0.39 is 0 Å². The number of benzene rings is 1. The van der Waals surface area contributed by atoms with Crippen LogP contribution in [0.25, 0.3) is 0 Å². The lowest BCUT2D eigenvalue weighted by molar-refractivity contribution is -0.116. The van der Waals surface area contributed by atoms with Crippen LogP contribution in [0.5, 0.6) is 5.75 Å². The highest BCUT2D eigenvalue weighted by atomic mass is 32.1. The molecule has 1 aromatic carbocycles. The molecule has 0 saturated carbocycles. The van der Waals surface area contributed by atoms with E-state index in [4.69, 9.17) is 4.74 Å². The Balaban J connectivity index is 1.76. The van der Waals surface area contributed by atoms with Crippen molar-refractivity contribution in [2.75, 3.05) is 18.5 Å². The Bertz CT molecular complexity index is 758. The van der Waals surface area contributed by atoms with Gasteiger partial charge in [-0.1, -0.05) is 19.1 Å². The molecule has 2 amide bonds. The summed E-state index contributed by atoms with van der Waals surface area (Å²) in [6, 6.07) is 7.12. The zero-order valence-corrected chi connectivity index (χ0v) is 16.2. The number of rotatable bonds is 9. The van der Waals surface area contributed by atoms with Gasteiger partial charge in [0.1, 0.15) is 5.75 Å². The number of ether oxygens (including phenoxy) is 1. The number of hydrogen-bond acceptors (Lipinski definition) is 5. The second-order valence-electron chi connectivity index (χ2n) is 5.71. The van der Waals surface area contributed by atoms with Gasteiger partial charge < -0.3 is 15.4 Å². The van der Waals surface area contributed by atoms with Crippen molar-refractivity contribution in [3.05, 3.63) is 40.4 Å². The molecule has 2 N–H and O–H groups in total. The predicted octanol–water partition coefficient (Wildman–Crippen LogP) is 3.56. The Morgan fingerprint density at radius 2 is 2.00 bits per heavy atom. The highest BCUT2D eigenvalue weighted by molar-refractivity contribution is 7.15. The summed E-state index contributed by atoms with van der Waals surface area (Å²) in [7, 11) is 0. The summed E-state index contributed by atoms with van der Waals surface area (Å²) >= 11 is 1.49. The molecule has 6 nitrogen and oxygen atoms in total. The van der Waals surface area contributed by atoms with Gasteiger partial charge >= 0.3 is 0 Å². The van der Waals surface area contributed by atoms with Crippen molar-refractivity contribution in [2.45, 2.75) is 40.0 Å². The van der Waals surface area contributed by atoms with Gasteiger partial charge in [0.05, 0.1) is 17.9 Å². The standard InChI is InChI=1S/C19H25N3O3S/c1-4-15-13(3)26-19(21-15)22-17(23)11-8-12-20-18(24)14-9-6-7-10-16(14)25-5-2/h6-7,9-10H,4-5,8,11-12H2,1-3H3,(H,20,24)(H,21,22,23). The van der Waals surface area contributed by atoms with Gasteiger partial charge in [-0.3, -0.25) is 9.59 Å². The van der Waals surface area contributed by atoms with E-state index in [1.165, 1.54) is 11.3 Å². The second kappa shape index (κ2) is 9.91. The van der Waals surface area contributed by atoms with E-state index in [9.17, 15) is 9.59 Å². The monoisotopic (exact) mass is 375 g/mol. The Labute approximate surface area is 158 Å². The summed E-state index contributed by atoms with van der Waals surface area (Å²) in [5, 5.41) is 6.28. The number of anilines is 1. The number of hydrogen-bond donors (Lipinski definition) is 2. The number of aromatic nitrogens is 1. The summed E-state index contributed by atoms with van der Waals surface area (Å²) in [4.78, 5) is 29.8. The van der Waals surface area contributed by atoms with Crippen molar-refractivity contribution in [2.24, 2.45) is 0 Å². The van der Waals surface area contributed by atoms with Crippen LogP contribution in [0.15, 0.2) is 24.3 Å². The molecule has 2 aromatic rings. The van der Waals surface area contributed by atoms with E-state index in [1.54, 1.807) is 18.2 Å². The molecule has 0 radical (unpaired) electrons. The molecule has 0 unspecified atom stereocenters. The quantitative estimate of drug-likeness (QED) is 0.657. The van der Waals surface area contributed by atoms with Gasteiger partial charge in [-0.15, -0.1) is 11.3 Å². The normalized spacial score (nSPS) is 10.4. The van der Waals surface area contributed by atoms with Crippen LogP contribution < -0.4 is 15.4 Å². The van der Waals surface area contributed by atoms with E-state index in [2.05, 4.69) is 15.6 Å². The molecular weight excluding hydrogens is 350 g/mol. The first-order chi connectivity index (χ1) is 12.5. The van der Waals surface area contributed by atoms with Crippen molar-refractivity contribution in [1.29, 1.82) is 0 Å². The highest BCUT2D eigenvalue weighted by Gasteiger charge is 2.12. The molecule has 26 heavy (non-hydrogen) atoms. The number of aryl methyl sites for hydroxylation is 2. The van der Waals surface area contributed by atoms with E-state index in [0.717, 1.165) is 17.0 Å². The fourth-order valence-corrected chi connectivity index (χ4v) is 3.39. The number of nitrogens with zero attached hydrogens (tertiary/aromatic N) is 1. The van der Waals surface area contributed by atoms with Crippen LogP contribution in [0.2, 0.25) is 0 Å². The first-order valence-corrected chi connectivity index (χ1v) is 9.63. The number of para-hydroxylation sites is 1. The minimum Gasteiger partial charge on any atom is -0.493 e. The molecule has 0 aliphatic carbocycles. The maximum absolute atomic E-state index is 12.2. The van der Waals surface area contributed by atoms with Gasteiger partial charge in [0, 0.05) is 17.8 Å². The maximum atomic E-state index is 12.2. The lowest BCUT2D eigenvalue weighted by Gasteiger charge is -2.10. The van der Waals surface area contributed by atoms with Crippen molar-refractivity contribution >= 4 is 28.3 Å². The maximum Gasteiger partial charge on any atom is 0.255 e. The van der Waals surface area contributed by atoms with Crippen molar-refractivity contribution in [1.82, 2.24) is 10.3 Å². The van der Waals surface area contributed by atoms with Gasteiger partial charge in [-0.2, -0.15) is 0 Å². The predicted molar refractivity (Wildman–Crippen MR) is 104 cm³/mol. The van der Waals surface area contributed by atoms with Crippen LogP contribution in [0.4, 0.5) is 5.13 Å². The minimum absolute atomic E-state index is 0.0923. The largest absolute Gasteiger partial charge is 0.493 e. The molecule has 0 fully saturated rings. The van der Waals surface area contributed by atoms with Crippen LogP contribution in [0, 0.1) is 6.92 Å². The molecule has 0 saturated heterocycles. The molecule has 140 valence electrons. The van der Waals surface area contributed by atoms with E-state index in [-0.39, 0.29) is 11.8 Å². The van der Waals surface area contributed by atoms with Gasteiger partial charge in [-0.05, 0) is 38.8 Å². The topological polar surface area (TPSA) is 80.3 Å². The zero-order chi connectivity index (χ0) is 18.9. The number of carbonyl (C=O) groups is 2. The van der Waals surface area contributed by atoms with Crippen molar-refractivity contribution in [3.8, 4) is 5.75 Å². The molecule has 0 spiro atoms. The van der Waals surface area contributed by atoms with E-state index >= 15 is 0 Å². The molecule has 2 rings (SSSR count). The first-order valence-electron chi connectivity index (χ1n) is 8.81. The van der Waals surface area contributed by atoms with E-state index in [1.807, 2.05) is 26.8 Å². The average molecular weight is 375 g/mol.